The summed E-state index contributed by atoms with van der Waals surface area (Å²) in [6.45, 7) is 8.67. The van der Waals surface area contributed by atoms with Crippen LogP contribution < -0.4 is 11.5 Å². The summed E-state index contributed by atoms with van der Waals surface area (Å²) in [4.78, 5) is 0. The van der Waals surface area contributed by atoms with E-state index in [0.717, 1.165) is 5.71 Å². The molecule has 100 valence electrons. The Hall–Kier alpha value is -1.58. The number of guanidine groups is 1. The van der Waals surface area contributed by atoms with Crippen molar-refractivity contribution in [2.75, 3.05) is 0 Å². The van der Waals surface area contributed by atoms with E-state index < -0.39 is 0 Å². The van der Waals surface area contributed by atoms with E-state index in [1.807, 2.05) is 13.0 Å². The molecule has 0 heterocycles. The second kappa shape index (κ2) is 5.85. The van der Waals surface area contributed by atoms with Gasteiger partial charge in [-0.05, 0) is 50.2 Å². The van der Waals surface area contributed by atoms with Crippen molar-refractivity contribution in [1.29, 1.82) is 0 Å². The summed E-state index contributed by atoms with van der Waals surface area (Å²) in [6, 6.07) is 0. The van der Waals surface area contributed by atoms with Gasteiger partial charge in [-0.15, -0.1) is 5.10 Å². The lowest BCUT2D eigenvalue weighted by atomic mass is 9.72. The minimum atomic E-state index is -0.0175. The van der Waals surface area contributed by atoms with Crippen LogP contribution in [0.25, 0.3) is 0 Å². The Kier molecular flexibility index (Phi) is 4.70. The fourth-order valence-corrected chi connectivity index (χ4v) is 2.38. The summed E-state index contributed by atoms with van der Waals surface area (Å²) in [7, 11) is 0. The molecule has 0 spiro atoms. The van der Waals surface area contributed by atoms with Gasteiger partial charge in [0.25, 0.3) is 0 Å². The molecule has 4 heteroatoms. The Morgan fingerprint density at radius 3 is 2.50 bits per heavy atom. The molecule has 0 saturated heterocycles. The smallest absolute Gasteiger partial charge is 0.211 e. The van der Waals surface area contributed by atoms with Crippen molar-refractivity contribution in [3.63, 3.8) is 0 Å². The quantitative estimate of drug-likeness (QED) is 0.457. The van der Waals surface area contributed by atoms with Crippen LogP contribution in [-0.4, -0.2) is 11.7 Å². The maximum absolute atomic E-state index is 5.23. The fraction of sp³-hybridized carbons (Fsp3) is 0.571. The molecule has 0 aromatic rings. The van der Waals surface area contributed by atoms with Gasteiger partial charge in [-0.1, -0.05) is 25.5 Å². The maximum atomic E-state index is 5.23. The lowest BCUT2D eigenvalue weighted by molar-refractivity contribution is 0.377. The summed E-state index contributed by atoms with van der Waals surface area (Å²) in [5.74, 6) is -0.0175. The van der Waals surface area contributed by atoms with Crippen LogP contribution in [0.1, 0.15) is 47.0 Å². The van der Waals surface area contributed by atoms with Crippen LogP contribution in [0.2, 0.25) is 0 Å². The van der Waals surface area contributed by atoms with E-state index in [-0.39, 0.29) is 11.4 Å². The Balaban J connectivity index is 2.89. The third kappa shape index (κ3) is 4.02. The van der Waals surface area contributed by atoms with Gasteiger partial charge in [0.15, 0.2) is 0 Å². The van der Waals surface area contributed by atoms with Gasteiger partial charge in [-0.25, -0.2) is 0 Å². The SMILES string of the molecule is CC1=C(/C=C/C(C)=N/N=C(N)N)C(C)(C)CCC1. The highest BCUT2D eigenvalue weighted by atomic mass is 15.3. The summed E-state index contributed by atoms with van der Waals surface area (Å²) in [6.07, 6.45) is 7.81. The standard InChI is InChI=1S/C14H24N4/c1-10-6-5-9-14(3,4)12(10)8-7-11(2)17-18-13(15)16/h7-8H,5-6,9H2,1-4H3,(H4,15,16,18)/b8-7+,17-11+. The van der Waals surface area contributed by atoms with Crippen molar-refractivity contribution in [1.82, 2.24) is 0 Å². The molecule has 4 nitrogen and oxygen atoms in total. The molecule has 1 rings (SSSR count). The summed E-state index contributed by atoms with van der Waals surface area (Å²) < 4.78 is 0. The lowest BCUT2D eigenvalue weighted by Crippen LogP contribution is -2.22. The van der Waals surface area contributed by atoms with E-state index in [4.69, 9.17) is 11.5 Å². The monoisotopic (exact) mass is 248 g/mol. The van der Waals surface area contributed by atoms with Crippen LogP contribution in [0.3, 0.4) is 0 Å². The summed E-state index contributed by atoms with van der Waals surface area (Å²) in [5, 5.41) is 7.56. The number of hydrogen-bond donors (Lipinski definition) is 2. The molecule has 18 heavy (non-hydrogen) atoms. The van der Waals surface area contributed by atoms with E-state index in [9.17, 15) is 0 Å². The average molecular weight is 248 g/mol. The van der Waals surface area contributed by atoms with Crippen molar-refractivity contribution in [2.24, 2.45) is 27.1 Å². The molecular formula is C14H24N4. The molecule has 0 atom stereocenters. The molecule has 0 amide bonds. The Labute approximate surface area is 110 Å². The highest BCUT2D eigenvalue weighted by molar-refractivity contribution is 5.93. The minimum absolute atomic E-state index is 0.0175. The van der Waals surface area contributed by atoms with Crippen molar-refractivity contribution >= 4 is 11.7 Å². The van der Waals surface area contributed by atoms with E-state index in [1.54, 1.807) is 0 Å². The Morgan fingerprint density at radius 1 is 1.28 bits per heavy atom. The Bertz CT molecular complexity index is 421. The molecular weight excluding hydrogens is 224 g/mol. The number of nitrogens with two attached hydrogens (primary N) is 2. The van der Waals surface area contributed by atoms with Gasteiger partial charge in [-0.3, -0.25) is 0 Å². The topological polar surface area (TPSA) is 76.8 Å². The molecule has 0 fully saturated rings. The van der Waals surface area contributed by atoms with Gasteiger partial charge in [-0.2, -0.15) is 5.10 Å². The molecule has 0 aromatic carbocycles. The molecule has 0 bridgehead atoms. The van der Waals surface area contributed by atoms with Crippen molar-refractivity contribution in [3.05, 3.63) is 23.3 Å². The Morgan fingerprint density at radius 2 is 1.94 bits per heavy atom. The summed E-state index contributed by atoms with van der Waals surface area (Å²) >= 11 is 0. The van der Waals surface area contributed by atoms with E-state index in [1.165, 1.54) is 30.4 Å². The number of rotatable bonds is 3. The zero-order valence-electron chi connectivity index (χ0n) is 11.8. The third-order valence-electron chi connectivity index (χ3n) is 3.36. The number of nitrogens with zero attached hydrogens (tertiary/aromatic N) is 2. The van der Waals surface area contributed by atoms with Gasteiger partial charge < -0.3 is 11.5 Å². The summed E-state index contributed by atoms with van der Waals surface area (Å²) in [5.41, 5.74) is 14.4. The number of allylic oxidation sites excluding steroid dienone is 4. The van der Waals surface area contributed by atoms with Crippen LogP contribution in [-0.2, 0) is 0 Å². The van der Waals surface area contributed by atoms with Crippen LogP contribution in [0, 0.1) is 5.41 Å². The van der Waals surface area contributed by atoms with Crippen LogP contribution in [0.4, 0.5) is 0 Å². The minimum Gasteiger partial charge on any atom is -0.369 e. The number of hydrogen-bond acceptors (Lipinski definition) is 2. The molecule has 1 aliphatic rings. The van der Waals surface area contributed by atoms with Crippen LogP contribution >= 0.6 is 0 Å². The third-order valence-corrected chi connectivity index (χ3v) is 3.36. The predicted octanol–water partition coefficient (Wildman–Crippen LogP) is 2.72. The zero-order chi connectivity index (χ0) is 13.8. The maximum Gasteiger partial charge on any atom is 0.211 e. The van der Waals surface area contributed by atoms with Crippen LogP contribution in [0.15, 0.2) is 33.5 Å². The van der Waals surface area contributed by atoms with E-state index in [0.29, 0.717) is 0 Å². The average Bonchev–Trinajstić information content (AvgIpc) is 2.24. The first-order chi connectivity index (χ1) is 8.33. The van der Waals surface area contributed by atoms with Crippen molar-refractivity contribution in [3.8, 4) is 0 Å². The van der Waals surface area contributed by atoms with Gasteiger partial charge >= 0.3 is 0 Å². The highest BCUT2D eigenvalue weighted by Gasteiger charge is 2.26. The molecule has 0 unspecified atom stereocenters. The molecule has 0 aliphatic heterocycles. The van der Waals surface area contributed by atoms with Gasteiger partial charge in [0.05, 0.1) is 5.71 Å². The van der Waals surface area contributed by atoms with Crippen molar-refractivity contribution < 1.29 is 0 Å². The van der Waals surface area contributed by atoms with Gasteiger partial charge in [0, 0.05) is 0 Å². The lowest BCUT2D eigenvalue weighted by Gasteiger charge is -2.32. The molecule has 1 aliphatic carbocycles. The van der Waals surface area contributed by atoms with Gasteiger partial charge in [0.1, 0.15) is 0 Å². The fourth-order valence-electron chi connectivity index (χ4n) is 2.38. The van der Waals surface area contributed by atoms with Gasteiger partial charge in [0.2, 0.25) is 5.96 Å². The largest absolute Gasteiger partial charge is 0.369 e. The normalized spacial score (nSPS) is 20.3. The first kappa shape index (κ1) is 14.5. The first-order valence-corrected chi connectivity index (χ1v) is 6.34. The first-order valence-electron chi connectivity index (χ1n) is 6.34. The molecule has 0 saturated carbocycles. The second-order valence-corrected chi connectivity index (χ2v) is 5.53. The molecule has 4 N–H and O–H groups in total. The molecule has 0 radical (unpaired) electrons. The predicted molar refractivity (Wildman–Crippen MR) is 78.4 cm³/mol. The van der Waals surface area contributed by atoms with E-state index in [2.05, 4.69) is 37.1 Å². The van der Waals surface area contributed by atoms with Crippen LogP contribution in [0.5, 0.6) is 0 Å². The molecule has 0 aromatic heterocycles. The van der Waals surface area contributed by atoms with Crippen molar-refractivity contribution in [2.45, 2.75) is 47.0 Å². The van der Waals surface area contributed by atoms with E-state index >= 15 is 0 Å². The second-order valence-electron chi connectivity index (χ2n) is 5.53. The zero-order valence-corrected chi connectivity index (χ0v) is 11.8. The highest BCUT2D eigenvalue weighted by Crippen LogP contribution is 2.40.